The molecule has 2 unspecified atom stereocenters. The second-order valence-electron chi connectivity index (χ2n) is 3.65. The van der Waals surface area contributed by atoms with Gasteiger partial charge in [-0.15, -0.1) is 0 Å². The van der Waals surface area contributed by atoms with Crippen LogP contribution in [-0.4, -0.2) is 52.2 Å². The molecule has 1 saturated heterocycles. The molecule has 1 N–H and O–H groups in total. The molecule has 0 radical (unpaired) electrons. The maximum absolute atomic E-state index is 5.67. The molecule has 1 heterocycles. The number of morpholine rings is 1. The fourth-order valence-corrected chi connectivity index (χ4v) is 1.49. The summed E-state index contributed by atoms with van der Waals surface area (Å²) in [6.45, 7) is 6.11. The Kier molecular flexibility index (Phi) is 6.10. The molecule has 0 saturated carbocycles. The molecular formula is C10H21NO3. The first kappa shape index (κ1) is 11.9. The van der Waals surface area contributed by atoms with Crippen LogP contribution < -0.4 is 5.32 Å². The first-order chi connectivity index (χ1) is 6.83. The van der Waals surface area contributed by atoms with Crippen molar-refractivity contribution in [1.29, 1.82) is 0 Å². The molecule has 0 amide bonds. The van der Waals surface area contributed by atoms with E-state index >= 15 is 0 Å². The van der Waals surface area contributed by atoms with Crippen LogP contribution in [0.5, 0.6) is 0 Å². The molecule has 0 spiro atoms. The van der Waals surface area contributed by atoms with Crippen molar-refractivity contribution < 1.29 is 14.2 Å². The van der Waals surface area contributed by atoms with Crippen LogP contribution in [0.4, 0.5) is 0 Å². The summed E-state index contributed by atoms with van der Waals surface area (Å²) in [5, 5.41) is 3.31. The molecule has 4 nitrogen and oxygen atoms in total. The van der Waals surface area contributed by atoms with Crippen LogP contribution in [0, 0.1) is 0 Å². The molecule has 4 heteroatoms. The Morgan fingerprint density at radius 3 is 2.93 bits per heavy atom. The van der Waals surface area contributed by atoms with Crippen molar-refractivity contribution in [2.45, 2.75) is 25.6 Å². The minimum absolute atomic E-state index is 0.210. The van der Waals surface area contributed by atoms with E-state index in [1.807, 2.05) is 0 Å². The molecule has 0 aromatic carbocycles. The van der Waals surface area contributed by atoms with Crippen LogP contribution in [0.25, 0.3) is 0 Å². The van der Waals surface area contributed by atoms with Gasteiger partial charge in [-0.05, 0) is 13.3 Å². The van der Waals surface area contributed by atoms with E-state index in [0.29, 0.717) is 12.7 Å². The van der Waals surface area contributed by atoms with Gasteiger partial charge in [-0.3, -0.25) is 0 Å². The second kappa shape index (κ2) is 7.17. The van der Waals surface area contributed by atoms with Crippen LogP contribution in [0.15, 0.2) is 0 Å². The van der Waals surface area contributed by atoms with E-state index in [1.54, 1.807) is 7.11 Å². The highest BCUT2D eigenvalue weighted by molar-refractivity contribution is 4.71. The summed E-state index contributed by atoms with van der Waals surface area (Å²) in [5.41, 5.74) is 0. The predicted molar refractivity (Wildman–Crippen MR) is 54.5 cm³/mol. The van der Waals surface area contributed by atoms with Crippen molar-refractivity contribution in [2.75, 3.05) is 40.0 Å². The number of ether oxygens (including phenoxy) is 3. The molecular weight excluding hydrogens is 182 g/mol. The highest BCUT2D eigenvalue weighted by Gasteiger charge is 2.18. The van der Waals surface area contributed by atoms with E-state index < -0.39 is 0 Å². The Labute approximate surface area is 85.9 Å². The lowest BCUT2D eigenvalue weighted by Gasteiger charge is -2.28. The summed E-state index contributed by atoms with van der Waals surface area (Å²) in [6, 6.07) is 0. The van der Waals surface area contributed by atoms with Gasteiger partial charge in [-0.25, -0.2) is 0 Å². The monoisotopic (exact) mass is 203 g/mol. The third-order valence-corrected chi connectivity index (χ3v) is 2.17. The van der Waals surface area contributed by atoms with Crippen molar-refractivity contribution in [3.8, 4) is 0 Å². The zero-order chi connectivity index (χ0) is 10.2. The molecule has 0 bridgehead atoms. The van der Waals surface area contributed by atoms with Crippen LogP contribution in [-0.2, 0) is 14.2 Å². The van der Waals surface area contributed by atoms with Crippen LogP contribution >= 0.6 is 0 Å². The standard InChI is InChI=1S/C10H21NO3/c1-9-6-11-7-10(14-9)8-13-5-3-4-12-2/h9-11H,3-8H2,1-2H3. The van der Waals surface area contributed by atoms with Gasteiger partial charge in [-0.1, -0.05) is 0 Å². The average Bonchev–Trinajstić information content (AvgIpc) is 2.18. The van der Waals surface area contributed by atoms with E-state index in [9.17, 15) is 0 Å². The smallest absolute Gasteiger partial charge is 0.0936 e. The van der Waals surface area contributed by atoms with Crippen LogP contribution in [0.1, 0.15) is 13.3 Å². The number of hydrogen-bond donors (Lipinski definition) is 1. The lowest BCUT2D eigenvalue weighted by molar-refractivity contribution is -0.0698. The summed E-state index contributed by atoms with van der Waals surface area (Å²) < 4.78 is 16.1. The lowest BCUT2D eigenvalue weighted by Crippen LogP contribution is -2.45. The summed E-state index contributed by atoms with van der Waals surface area (Å²) >= 11 is 0. The first-order valence-electron chi connectivity index (χ1n) is 5.25. The maximum atomic E-state index is 5.67. The summed E-state index contributed by atoms with van der Waals surface area (Å²) in [5.74, 6) is 0. The Balaban J connectivity index is 1.95. The molecule has 2 atom stereocenters. The van der Waals surface area contributed by atoms with E-state index in [2.05, 4.69) is 12.2 Å². The lowest BCUT2D eigenvalue weighted by atomic mass is 10.2. The molecule has 1 aliphatic rings. The molecule has 0 aromatic heterocycles. The number of rotatable bonds is 6. The fraction of sp³-hybridized carbons (Fsp3) is 1.00. The van der Waals surface area contributed by atoms with Gasteiger partial charge in [0.2, 0.25) is 0 Å². The highest BCUT2D eigenvalue weighted by atomic mass is 16.5. The van der Waals surface area contributed by atoms with E-state index in [0.717, 1.165) is 32.7 Å². The summed E-state index contributed by atoms with van der Waals surface area (Å²) in [4.78, 5) is 0. The average molecular weight is 203 g/mol. The van der Waals surface area contributed by atoms with Crippen molar-refractivity contribution in [1.82, 2.24) is 5.32 Å². The SMILES string of the molecule is COCCCOCC1CNCC(C)O1. The van der Waals surface area contributed by atoms with Gasteiger partial charge in [0.25, 0.3) is 0 Å². The molecule has 0 aliphatic carbocycles. The second-order valence-corrected chi connectivity index (χ2v) is 3.65. The molecule has 1 fully saturated rings. The van der Waals surface area contributed by atoms with Gasteiger partial charge in [0.15, 0.2) is 0 Å². The molecule has 14 heavy (non-hydrogen) atoms. The largest absolute Gasteiger partial charge is 0.385 e. The number of nitrogens with one attached hydrogen (secondary N) is 1. The maximum Gasteiger partial charge on any atom is 0.0936 e. The van der Waals surface area contributed by atoms with Gasteiger partial charge in [0.1, 0.15) is 0 Å². The zero-order valence-electron chi connectivity index (χ0n) is 9.12. The van der Waals surface area contributed by atoms with E-state index in [1.165, 1.54) is 0 Å². The van der Waals surface area contributed by atoms with Crippen LogP contribution in [0.3, 0.4) is 0 Å². The normalized spacial score (nSPS) is 27.9. The Morgan fingerprint density at radius 2 is 2.21 bits per heavy atom. The predicted octanol–water partition coefficient (Wildman–Crippen LogP) is 0.416. The van der Waals surface area contributed by atoms with Gasteiger partial charge < -0.3 is 19.5 Å². The van der Waals surface area contributed by atoms with Gasteiger partial charge in [0.05, 0.1) is 18.8 Å². The third-order valence-electron chi connectivity index (χ3n) is 2.17. The van der Waals surface area contributed by atoms with Crippen molar-refractivity contribution in [2.24, 2.45) is 0 Å². The van der Waals surface area contributed by atoms with Crippen LogP contribution in [0.2, 0.25) is 0 Å². The third kappa shape index (κ3) is 4.91. The van der Waals surface area contributed by atoms with E-state index in [-0.39, 0.29) is 6.10 Å². The fourth-order valence-electron chi connectivity index (χ4n) is 1.49. The van der Waals surface area contributed by atoms with Gasteiger partial charge in [-0.2, -0.15) is 0 Å². The molecule has 84 valence electrons. The molecule has 0 aromatic rings. The quantitative estimate of drug-likeness (QED) is 0.635. The minimum atomic E-state index is 0.210. The number of methoxy groups -OCH3 is 1. The molecule has 1 rings (SSSR count). The van der Waals surface area contributed by atoms with Crippen molar-refractivity contribution in [3.63, 3.8) is 0 Å². The van der Waals surface area contributed by atoms with Gasteiger partial charge >= 0.3 is 0 Å². The van der Waals surface area contributed by atoms with Crippen molar-refractivity contribution in [3.05, 3.63) is 0 Å². The Hall–Kier alpha value is -0.160. The van der Waals surface area contributed by atoms with Gasteiger partial charge in [0, 0.05) is 33.4 Å². The van der Waals surface area contributed by atoms with Crippen molar-refractivity contribution >= 4 is 0 Å². The zero-order valence-corrected chi connectivity index (χ0v) is 9.12. The summed E-state index contributed by atoms with van der Waals surface area (Å²) in [6.07, 6.45) is 1.46. The first-order valence-corrected chi connectivity index (χ1v) is 5.25. The Morgan fingerprint density at radius 1 is 1.36 bits per heavy atom. The minimum Gasteiger partial charge on any atom is -0.385 e. The topological polar surface area (TPSA) is 39.7 Å². The Bertz CT molecular complexity index is 143. The number of hydrogen-bond acceptors (Lipinski definition) is 4. The summed E-state index contributed by atoms with van der Waals surface area (Å²) in [7, 11) is 1.70. The van der Waals surface area contributed by atoms with E-state index in [4.69, 9.17) is 14.2 Å². The molecule has 1 aliphatic heterocycles. The highest BCUT2D eigenvalue weighted by Crippen LogP contribution is 2.03.